The minimum absolute atomic E-state index is 0.406. The standard InChI is InChI=1S/C24H23NO3S/c26-24(21-11-7-13-23(18-21)29(27)25-14-4-5-15-25)28-22-12-6-10-20(17-22)16-19-8-2-1-3-9-19/h1-3,6-13,17-18H,4-5,14-16H2. The molecule has 1 aliphatic rings. The molecule has 1 unspecified atom stereocenters. The number of hydrogen-bond acceptors (Lipinski definition) is 3. The predicted octanol–water partition coefficient (Wildman–Crippen LogP) is 4.62. The molecule has 3 aromatic carbocycles. The van der Waals surface area contributed by atoms with E-state index in [1.165, 1.54) is 5.56 Å². The van der Waals surface area contributed by atoms with Crippen LogP contribution in [0.25, 0.3) is 0 Å². The molecular weight excluding hydrogens is 382 g/mol. The number of esters is 1. The largest absolute Gasteiger partial charge is 0.423 e. The van der Waals surface area contributed by atoms with Crippen LogP contribution in [0, 0.1) is 0 Å². The lowest BCUT2D eigenvalue weighted by Gasteiger charge is -2.14. The fourth-order valence-corrected chi connectivity index (χ4v) is 4.76. The predicted molar refractivity (Wildman–Crippen MR) is 114 cm³/mol. The second-order valence-corrected chi connectivity index (χ2v) is 8.60. The number of rotatable bonds is 6. The van der Waals surface area contributed by atoms with E-state index in [4.69, 9.17) is 4.74 Å². The summed E-state index contributed by atoms with van der Waals surface area (Å²) < 4.78 is 20.2. The summed E-state index contributed by atoms with van der Waals surface area (Å²) in [5, 5.41) is 0. The molecule has 4 nitrogen and oxygen atoms in total. The maximum Gasteiger partial charge on any atom is 0.343 e. The molecule has 0 aliphatic carbocycles. The normalized spacial score (nSPS) is 15.2. The summed E-state index contributed by atoms with van der Waals surface area (Å²) >= 11 is 0. The zero-order valence-corrected chi connectivity index (χ0v) is 16.9. The maximum atomic E-state index is 12.7. The van der Waals surface area contributed by atoms with E-state index in [9.17, 15) is 9.00 Å². The van der Waals surface area contributed by atoms with Crippen molar-refractivity contribution >= 4 is 17.0 Å². The number of hydrogen-bond donors (Lipinski definition) is 0. The Bertz CT molecular complexity index is 1010. The molecule has 0 spiro atoms. The first-order valence-electron chi connectivity index (χ1n) is 9.81. The highest BCUT2D eigenvalue weighted by Gasteiger charge is 2.20. The number of carbonyl (C=O) groups excluding carboxylic acids is 1. The minimum atomic E-state index is -1.23. The average molecular weight is 406 g/mol. The van der Waals surface area contributed by atoms with E-state index in [-0.39, 0.29) is 0 Å². The third kappa shape index (κ3) is 5.00. The van der Waals surface area contributed by atoms with Gasteiger partial charge in [0.2, 0.25) is 0 Å². The van der Waals surface area contributed by atoms with Gasteiger partial charge >= 0.3 is 5.97 Å². The summed E-state index contributed by atoms with van der Waals surface area (Å²) in [6.45, 7) is 1.66. The van der Waals surface area contributed by atoms with Gasteiger partial charge in [-0.15, -0.1) is 0 Å². The van der Waals surface area contributed by atoms with Gasteiger partial charge in [0.05, 0.1) is 10.5 Å². The van der Waals surface area contributed by atoms with E-state index in [1.807, 2.05) is 40.7 Å². The van der Waals surface area contributed by atoms with Gasteiger partial charge in [0.25, 0.3) is 0 Å². The quantitative estimate of drug-likeness (QED) is 0.444. The Balaban J connectivity index is 1.46. The molecule has 1 saturated heterocycles. The summed E-state index contributed by atoms with van der Waals surface area (Å²) in [7, 11) is -1.23. The highest BCUT2D eigenvalue weighted by molar-refractivity contribution is 7.82. The van der Waals surface area contributed by atoms with Gasteiger partial charge in [0, 0.05) is 13.1 Å². The zero-order chi connectivity index (χ0) is 20.1. The van der Waals surface area contributed by atoms with Crippen molar-refractivity contribution in [1.29, 1.82) is 0 Å². The Morgan fingerprint density at radius 1 is 0.862 bits per heavy atom. The van der Waals surface area contributed by atoms with Gasteiger partial charge in [0.1, 0.15) is 16.7 Å². The molecule has 1 fully saturated rings. The van der Waals surface area contributed by atoms with Gasteiger partial charge in [-0.25, -0.2) is 13.3 Å². The van der Waals surface area contributed by atoms with Gasteiger partial charge in [-0.3, -0.25) is 0 Å². The minimum Gasteiger partial charge on any atom is -0.423 e. The van der Waals surface area contributed by atoms with Crippen molar-refractivity contribution in [1.82, 2.24) is 4.31 Å². The van der Waals surface area contributed by atoms with Crippen LogP contribution in [0.1, 0.15) is 34.3 Å². The van der Waals surface area contributed by atoms with Crippen LogP contribution in [0.3, 0.4) is 0 Å². The first kappa shape index (κ1) is 19.6. The molecule has 0 bridgehead atoms. The molecule has 0 saturated carbocycles. The second kappa shape index (κ2) is 9.16. The molecule has 29 heavy (non-hydrogen) atoms. The average Bonchev–Trinajstić information content (AvgIpc) is 3.29. The molecule has 0 amide bonds. The monoisotopic (exact) mass is 405 g/mol. The highest BCUT2D eigenvalue weighted by Crippen LogP contribution is 2.21. The summed E-state index contributed by atoms with van der Waals surface area (Å²) in [5.74, 6) is 0.0663. The van der Waals surface area contributed by atoms with Gasteiger partial charge in [-0.2, -0.15) is 0 Å². The molecule has 1 heterocycles. The fraction of sp³-hybridized carbons (Fsp3) is 0.208. The number of ether oxygens (including phenoxy) is 1. The van der Waals surface area contributed by atoms with E-state index < -0.39 is 17.0 Å². The number of benzene rings is 3. The van der Waals surface area contributed by atoms with Crippen molar-refractivity contribution in [3.8, 4) is 5.75 Å². The molecule has 4 rings (SSSR count). The van der Waals surface area contributed by atoms with Crippen molar-refractivity contribution in [2.75, 3.05) is 13.1 Å². The molecule has 1 atom stereocenters. The topological polar surface area (TPSA) is 46.6 Å². The van der Waals surface area contributed by atoms with Crippen molar-refractivity contribution < 1.29 is 13.7 Å². The first-order valence-corrected chi connectivity index (χ1v) is 10.9. The summed E-state index contributed by atoms with van der Waals surface area (Å²) in [4.78, 5) is 13.3. The third-order valence-electron chi connectivity index (χ3n) is 4.93. The number of carbonyl (C=O) groups is 1. The van der Waals surface area contributed by atoms with Crippen LogP contribution in [-0.4, -0.2) is 27.6 Å². The van der Waals surface area contributed by atoms with E-state index in [0.717, 1.165) is 37.9 Å². The number of nitrogens with zero attached hydrogens (tertiary/aromatic N) is 1. The molecular formula is C24H23NO3S. The summed E-state index contributed by atoms with van der Waals surface area (Å²) in [6.07, 6.45) is 2.90. The van der Waals surface area contributed by atoms with Crippen LogP contribution in [0.4, 0.5) is 0 Å². The van der Waals surface area contributed by atoms with E-state index in [1.54, 1.807) is 30.3 Å². The molecule has 1 aliphatic heterocycles. The molecule has 3 aromatic rings. The van der Waals surface area contributed by atoms with Crippen LogP contribution in [0.15, 0.2) is 83.8 Å². The second-order valence-electron chi connectivity index (χ2n) is 7.11. The van der Waals surface area contributed by atoms with Crippen molar-refractivity contribution in [2.24, 2.45) is 0 Å². The van der Waals surface area contributed by atoms with Crippen LogP contribution < -0.4 is 4.74 Å². The van der Waals surface area contributed by atoms with Crippen LogP contribution in [0.5, 0.6) is 5.75 Å². The van der Waals surface area contributed by atoms with Gasteiger partial charge in [-0.05, 0) is 60.7 Å². The summed E-state index contributed by atoms with van der Waals surface area (Å²) in [6, 6.07) is 24.7. The molecule has 0 N–H and O–H groups in total. The zero-order valence-electron chi connectivity index (χ0n) is 16.1. The maximum absolute atomic E-state index is 12.7. The highest BCUT2D eigenvalue weighted by atomic mass is 32.2. The summed E-state index contributed by atoms with van der Waals surface area (Å²) in [5.41, 5.74) is 2.68. The van der Waals surface area contributed by atoms with E-state index in [0.29, 0.717) is 16.2 Å². The van der Waals surface area contributed by atoms with Gasteiger partial charge in [0.15, 0.2) is 0 Å². The Morgan fingerprint density at radius 3 is 2.38 bits per heavy atom. The Kier molecular flexibility index (Phi) is 6.17. The van der Waals surface area contributed by atoms with Crippen molar-refractivity contribution in [3.63, 3.8) is 0 Å². The van der Waals surface area contributed by atoms with Gasteiger partial charge < -0.3 is 4.74 Å². The van der Waals surface area contributed by atoms with E-state index >= 15 is 0 Å². The molecule has 0 aromatic heterocycles. The smallest absolute Gasteiger partial charge is 0.343 e. The molecule has 5 heteroatoms. The lowest BCUT2D eigenvalue weighted by Crippen LogP contribution is -2.22. The third-order valence-corrected chi connectivity index (χ3v) is 6.42. The van der Waals surface area contributed by atoms with Crippen LogP contribution >= 0.6 is 0 Å². The van der Waals surface area contributed by atoms with Crippen molar-refractivity contribution in [3.05, 3.63) is 95.6 Å². The van der Waals surface area contributed by atoms with Crippen molar-refractivity contribution in [2.45, 2.75) is 24.2 Å². The van der Waals surface area contributed by atoms with E-state index in [2.05, 4.69) is 12.1 Å². The Morgan fingerprint density at radius 2 is 1.59 bits per heavy atom. The SMILES string of the molecule is O=C(Oc1cccc(Cc2ccccc2)c1)c1cccc(S(=O)N2CCCC2)c1. The molecule has 148 valence electrons. The Labute approximate surface area is 173 Å². The lowest BCUT2D eigenvalue weighted by atomic mass is 10.1. The van der Waals surface area contributed by atoms with Crippen LogP contribution in [0.2, 0.25) is 0 Å². The fourth-order valence-electron chi connectivity index (χ4n) is 3.45. The lowest BCUT2D eigenvalue weighted by molar-refractivity contribution is 0.0734. The van der Waals surface area contributed by atoms with Gasteiger partial charge in [-0.1, -0.05) is 48.5 Å². The first-order chi connectivity index (χ1) is 14.2. The van der Waals surface area contributed by atoms with Crippen LogP contribution in [-0.2, 0) is 17.4 Å². The Hall–Kier alpha value is -2.76. The molecule has 0 radical (unpaired) electrons.